The summed E-state index contributed by atoms with van der Waals surface area (Å²) in [5.41, 5.74) is 2.02. The van der Waals surface area contributed by atoms with Crippen LogP contribution in [0.1, 0.15) is 30.9 Å². The van der Waals surface area contributed by atoms with Gasteiger partial charge >= 0.3 is 6.09 Å². The molecule has 1 aromatic carbocycles. The SMILES string of the molecule is CCc1ccc(CCC(=O)N2CC[C@]3(CN(C)C(=O)O3)C2)cc1. The predicted molar refractivity (Wildman–Crippen MR) is 87.2 cm³/mol. The summed E-state index contributed by atoms with van der Waals surface area (Å²) in [4.78, 5) is 27.4. The molecule has 2 heterocycles. The Hall–Kier alpha value is -2.04. The monoisotopic (exact) mass is 316 g/mol. The van der Waals surface area contributed by atoms with Crippen LogP contribution in [-0.2, 0) is 22.4 Å². The van der Waals surface area contributed by atoms with Gasteiger partial charge in [-0.25, -0.2) is 4.79 Å². The highest BCUT2D eigenvalue weighted by atomic mass is 16.6. The first kappa shape index (κ1) is 15.8. The van der Waals surface area contributed by atoms with Gasteiger partial charge in [0.1, 0.15) is 0 Å². The van der Waals surface area contributed by atoms with Gasteiger partial charge in [-0.15, -0.1) is 0 Å². The summed E-state index contributed by atoms with van der Waals surface area (Å²) in [7, 11) is 1.74. The third-order valence-electron chi connectivity index (χ3n) is 4.87. The van der Waals surface area contributed by atoms with Gasteiger partial charge in [0.2, 0.25) is 5.91 Å². The molecular formula is C18H24N2O3. The molecule has 5 nitrogen and oxygen atoms in total. The lowest BCUT2D eigenvalue weighted by atomic mass is 10.0. The van der Waals surface area contributed by atoms with E-state index in [2.05, 4.69) is 31.2 Å². The normalized spacial score (nSPS) is 23.7. The minimum absolute atomic E-state index is 0.145. The fraction of sp³-hybridized carbons (Fsp3) is 0.556. The quantitative estimate of drug-likeness (QED) is 0.856. The van der Waals surface area contributed by atoms with E-state index in [-0.39, 0.29) is 12.0 Å². The van der Waals surface area contributed by atoms with Crippen LogP contribution >= 0.6 is 0 Å². The average molecular weight is 316 g/mol. The molecule has 0 aliphatic carbocycles. The maximum Gasteiger partial charge on any atom is 0.410 e. The van der Waals surface area contributed by atoms with E-state index >= 15 is 0 Å². The molecule has 1 aromatic rings. The van der Waals surface area contributed by atoms with Gasteiger partial charge < -0.3 is 14.5 Å². The van der Waals surface area contributed by atoms with Crippen LogP contribution in [0.3, 0.4) is 0 Å². The van der Waals surface area contributed by atoms with Gasteiger partial charge in [0.25, 0.3) is 0 Å². The third kappa shape index (κ3) is 3.33. The molecule has 0 radical (unpaired) electrons. The molecule has 0 N–H and O–H groups in total. The van der Waals surface area contributed by atoms with Gasteiger partial charge in [0, 0.05) is 26.4 Å². The smallest absolute Gasteiger partial charge is 0.410 e. The van der Waals surface area contributed by atoms with Crippen molar-refractivity contribution >= 4 is 12.0 Å². The predicted octanol–water partition coefficient (Wildman–Crippen LogP) is 2.23. The van der Waals surface area contributed by atoms with Gasteiger partial charge in [-0.3, -0.25) is 4.79 Å². The molecule has 2 amide bonds. The van der Waals surface area contributed by atoms with E-state index in [0.29, 0.717) is 26.1 Å². The number of amides is 2. The number of likely N-dealkylation sites (tertiary alicyclic amines) is 1. The summed E-state index contributed by atoms with van der Waals surface area (Å²) in [5.74, 6) is 0.145. The Bertz CT molecular complexity index is 599. The Labute approximate surface area is 137 Å². The minimum atomic E-state index is -0.482. The topological polar surface area (TPSA) is 49.9 Å². The lowest BCUT2D eigenvalue weighted by Gasteiger charge is -2.21. The number of likely N-dealkylation sites (N-methyl/N-ethyl adjacent to an activating group) is 1. The van der Waals surface area contributed by atoms with E-state index in [9.17, 15) is 9.59 Å². The number of rotatable bonds is 4. The van der Waals surface area contributed by atoms with Crippen LogP contribution in [0.2, 0.25) is 0 Å². The minimum Gasteiger partial charge on any atom is -0.439 e. The molecule has 2 saturated heterocycles. The third-order valence-corrected chi connectivity index (χ3v) is 4.87. The number of nitrogens with zero attached hydrogens (tertiary/aromatic N) is 2. The molecule has 0 saturated carbocycles. The molecule has 0 bridgehead atoms. The fourth-order valence-corrected chi connectivity index (χ4v) is 3.41. The van der Waals surface area contributed by atoms with Crippen LogP contribution < -0.4 is 0 Å². The number of ether oxygens (including phenoxy) is 1. The summed E-state index contributed by atoms with van der Waals surface area (Å²) >= 11 is 0. The molecule has 2 fully saturated rings. The lowest BCUT2D eigenvalue weighted by Crippen LogP contribution is -2.39. The molecule has 2 aliphatic rings. The highest BCUT2D eigenvalue weighted by molar-refractivity contribution is 5.77. The summed E-state index contributed by atoms with van der Waals surface area (Å²) in [6.07, 6.45) is 2.75. The zero-order valence-electron chi connectivity index (χ0n) is 13.9. The summed E-state index contributed by atoms with van der Waals surface area (Å²) in [6.45, 7) is 3.91. The van der Waals surface area contributed by atoms with Crippen LogP contribution in [0.5, 0.6) is 0 Å². The number of carbonyl (C=O) groups is 2. The van der Waals surface area contributed by atoms with Crippen LogP contribution in [0.25, 0.3) is 0 Å². The maximum atomic E-state index is 12.4. The highest BCUT2D eigenvalue weighted by Crippen LogP contribution is 2.32. The van der Waals surface area contributed by atoms with Crippen molar-refractivity contribution in [3.8, 4) is 0 Å². The first-order valence-electron chi connectivity index (χ1n) is 8.31. The zero-order chi connectivity index (χ0) is 16.4. The Morgan fingerprint density at radius 1 is 1.22 bits per heavy atom. The Morgan fingerprint density at radius 2 is 1.91 bits per heavy atom. The molecule has 5 heteroatoms. The summed E-state index contributed by atoms with van der Waals surface area (Å²) < 4.78 is 5.48. The first-order chi connectivity index (χ1) is 11.0. The molecular weight excluding hydrogens is 292 g/mol. The van der Waals surface area contributed by atoms with E-state index in [1.54, 1.807) is 11.9 Å². The van der Waals surface area contributed by atoms with Gasteiger partial charge in [-0.05, 0) is 24.0 Å². The Morgan fingerprint density at radius 3 is 2.52 bits per heavy atom. The standard InChI is InChI=1S/C18H24N2O3/c1-3-14-4-6-15(7-5-14)8-9-16(21)20-11-10-18(13-20)12-19(2)17(22)23-18/h4-7H,3,8-13H2,1-2H3/t18-/m0/s1. The molecule has 0 aromatic heterocycles. The van der Waals surface area contributed by atoms with Gasteiger partial charge in [0.05, 0.1) is 13.1 Å². The fourth-order valence-electron chi connectivity index (χ4n) is 3.41. The summed E-state index contributed by atoms with van der Waals surface area (Å²) in [6, 6.07) is 8.45. The molecule has 0 unspecified atom stereocenters. The second kappa shape index (κ2) is 6.22. The van der Waals surface area contributed by atoms with Gasteiger partial charge in [0.15, 0.2) is 5.60 Å². The Balaban J connectivity index is 1.52. The molecule has 23 heavy (non-hydrogen) atoms. The summed E-state index contributed by atoms with van der Waals surface area (Å²) in [5, 5.41) is 0. The maximum absolute atomic E-state index is 12.4. The van der Waals surface area contributed by atoms with Crippen molar-refractivity contribution in [1.29, 1.82) is 0 Å². The van der Waals surface area contributed by atoms with Crippen molar-refractivity contribution in [2.45, 2.75) is 38.2 Å². The second-order valence-corrected chi connectivity index (χ2v) is 6.64. The van der Waals surface area contributed by atoms with E-state index in [0.717, 1.165) is 19.3 Å². The lowest BCUT2D eigenvalue weighted by molar-refractivity contribution is -0.130. The Kier molecular flexibility index (Phi) is 4.28. The van der Waals surface area contributed by atoms with Crippen molar-refractivity contribution in [1.82, 2.24) is 9.80 Å². The van der Waals surface area contributed by atoms with E-state index in [1.165, 1.54) is 11.1 Å². The largest absolute Gasteiger partial charge is 0.439 e. The van der Waals surface area contributed by atoms with Crippen molar-refractivity contribution < 1.29 is 14.3 Å². The van der Waals surface area contributed by atoms with Crippen molar-refractivity contribution in [3.63, 3.8) is 0 Å². The van der Waals surface area contributed by atoms with Gasteiger partial charge in [-0.2, -0.15) is 0 Å². The number of hydrogen-bond acceptors (Lipinski definition) is 3. The van der Waals surface area contributed by atoms with Crippen LogP contribution in [0.4, 0.5) is 4.79 Å². The average Bonchev–Trinajstić information content (AvgIpc) is 3.08. The first-order valence-corrected chi connectivity index (χ1v) is 8.31. The molecule has 124 valence electrons. The molecule has 1 spiro atoms. The highest BCUT2D eigenvalue weighted by Gasteiger charge is 2.49. The molecule has 2 aliphatic heterocycles. The van der Waals surface area contributed by atoms with Crippen molar-refractivity contribution in [2.24, 2.45) is 0 Å². The second-order valence-electron chi connectivity index (χ2n) is 6.64. The number of benzene rings is 1. The molecule has 3 rings (SSSR count). The van der Waals surface area contributed by atoms with Crippen LogP contribution in [0, 0.1) is 0 Å². The number of hydrogen-bond donors (Lipinski definition) is 0. The van der Waals surface area contributed by atoms with Crippen LogP contribution in [0.15, 0.2) is 24.3 Å². The van der Waals surface area contributed by atoms with Crippen molar-refractivity contribution in [2.75, 3.05) is 26.7 Å². The molecule has 1 atom stereocenters. The van der Waals surface area contributed by atoms with E-state index < -0.39 is 5.60 Å². The van der Waals surface area contributed by atoms with Gasteiger partial charge in [-0.1, -0.05) is 31.2 Å². The van der Waals surface area contributed by atoms with E-state index in [1.807, 2.05) is 4.90 Å². The zero-order valence-corrected chi connectivity index (χ0v) is 13.9. The van der Waals surface area contributed by atoms with Crippen LogP contribution in [-0.4, -0.2) is 54.1 Å². The van der Waals surface area contributed by atoms with E-state index in [4.69, 9.17) is 4.74 Å². The number of carbonyl (C=O) groups excluding carboxylic acids is 2. The van der Waals surface area contributed by atoms with Crippen molar-refractivity contribution in [3.05, 3.63) is 35.4 Å². The number of aryl methyl sites for hydroxylation is 2.